The maximum atomic E-state index is 13.6. The number of fused-ring (bicyclic) bond motifs is 1. The molecule has 0 bridgehead atoms. The van der Waals surface area contributed by atoms with E-state index in [0.717, 1.165) is 36.5 Å². The summed E-state index contributed by atoms with van der Waals surface area (Å²) in [5, 5.41) is 1.81. The standard InChI is InChI=1S/C26H41NO2S/c1-3-5-7-9-11-15-22-27(23-16-12-10-8-6-4-2)30(28,29)26-21-17-19-24-18-13-14-20-25(24)26/h13-14,17-21H,3-12,15-16,22-23H2,1-2H3. The van der Waals surface area contributed by atoms with Gasteiger partial charge in [-0.2, -0.15) is 4.31 Å². The number of nitrogens with zero attached hydrogens (tertiary/aromatic N) is 1. The van der Waals surface area contributed by atoms with Gasteiger partial charge in [0.1, 0.15) is 0 Å². The molecule has 2 aromatic carbocycles. The van der Waals surface area contributed by atoms with E-state index in [1.54, 1.807) is 10.4 Å². The van der Waals surface area contributed by atoms with Crippen molar-refractivity contribution in [1.29, 1.82) is 0 Å². The Labute approximate surface area is 184 Å². The van der Waals surface area contributed by atoms with Gasteiger partial charge in [0.25, 0.3) is 0 Å². The average Bonchev–Trinajstić information content (AvgIpc) is 2.76. The minimum absolute atomic E-state index is 0.456. The van der Waals surface area contributed by atoms with Gasteiger partial charge in [0.2, 0.25) is 10.0 Å². The summed E-state index contributed by atoms with van der Waals surface area (Å²) < 4.78 is 29.0. The Kier molecular flexibility index (Phi) is 11.5. The first-order valence-corrected chi connectivity index (χ1v) is 13.5. The van der Waals surface area contributed by atoms with Gasteiger partial charge in [-0.15, -0.1) is 0 Å². The highest BCUT2D eigenvalue weighted by atomic mass is 32.2. The minimum atomic E-state index is -3.49. The molecule has 4 heteroatoms. The molecule has 0 spiro atoms. The van der Waals surface area contributed by atoms with Gasteiger partial charge in [-0.3, -0.25) is 0 Å². The molecule has 2 aromatic rings. The quantitative estimate of drug-likeness (QED) is 0.257. The minimum Gasteiger partial charge on any atom is -0.207 e. The van der Waals surface area contributed by atoms with E-state index in [4.69, 9.17) is 0 Å². The summed E-state index contributed by atoms with van der Waals surface area (Å²) in [5.74, 6) is 0. The molecule has 0 heterocycles. The number of hydrogen-bond donors (Lipinski definition) is 0. The maximum Gasteiger partial charge on any atom is 0.243 e. The van der Waals surface area contributed by atoms with Crippen LogP contribution in [0.1, 0.15) is 90.9 Å². The summed E-state index contributed by atoms with van der Waals surface area (Å²) in [6, 6.07) is 13.4. The van der Waals surface area contributed by atoms with Crippen LogP contribution in [0, 0.1) is 0 Å². The van der Waals surface area contributed by atoms with Gasteiger partial charge in [0.15, 0.2) is 0 Å². The predicted octanol–water partition coefficient (Wildman–Crippen LogP) is 7.55. The summed E-state index contributed by atoms with van der Waals surface area (Å²) in [7, 11) is -3.49. The number of sulfonamides is 1. The van der Waals surface area contributed by atoms with Crippen LogP contribution in [0.5, 0.6) is 0 Å². The highest BCUT2D eigenvalue weighted by Crippen LogP contribution is 2.26. The van der Waals surface area contributed by atoms with Crippen molar-refractivity contribution in [3.05, 3.63) is 42.5 Å². The predicted molar refractivity (Wildman–Crippen MR) is 129 cm³/mol. The first-order chi connectivity index (χ1) is 14.6. The molecule has 0 fully saturated rings. The smallest absolute Gasteiger partial charge is 0.207 e. The molecule has 0 atom stereocenters. The van der Waals surface area contributed by atoms with Crippen molar-refractivity contribution in [3.8, 4) is 0 Å². The second-order valence-electron chi connectivity index (χ2n) is 8.42. The third-order valence-corrected chi connectivity index (χ3v) is 7.85. The second kappa shape index (κ2) is 13.8. The fourth-order valence-corrected chi connectivity index (χ4v) is 5.78. The van der Waals surface area contributed by atoms with Crippen molar-refractivity contribution < 1.29 is 8.42 Å². The van der Waals surface area contributed by atoms with Crippen LogP contribution < -0.4 is 0 Å². The molecule has 3 nitrogen and oxygen atoms in total. The number of rotatable bonds is 16. The van der Waals surface area contributed by atoms with E-state index in [-0.39, 0.29) is 0 Å². The van der Waals surface area contributed by atoms with Gasteiger partial charge >= 0.3 is 0 Å². The van der Waals surface area contributed by atoms with Gasteiger partial charge in [-0.1, -0.05) is 114 Å². The average molecular weight is 432 g/mol. The SMILES string of the molecule is CCCCCCCCN(CCCCCCCC)S(=O)(=O)c1cccc2ccccc12. The van der Waals surface area contributed by atoms with Crippen LogP contribution in [0.4, 0.5) is 0 Å². The first kappa shape index (κ1) is 24.9. The lowest BCUT2D eigenvalue weighted by molar-refractivity contribution is 0.384. The zero-order valence-corrected chi connectivity index (χ0v) is 19.9. The van der Waals surface area contributed by atoms with E-state index >= 15 is 0 Å². The van der Waals surface area contributed by atoms with Crippen LogP contribution in [-0.4, -0.2) is 25.8 Å². The van der Waals surface area contributed by atoms with E-state index in [9.17, 15) is 8.42 Å². The van der Waals surface area contributed by atoms with Crippen LogP contribution in [0.3, 0.4) is 0 Å². The molecular weight excluding hydrogens is 390 g/mol. The monoisotopic (exact) mass is 431 g/mol. The van der Waals surface area contributed by atoms with Crippen molar-refractivity contribution in [3.63, 3.8) is 0 Å². The molecule has 0 aliphatic carbocycles. The van der Waals surface area contributed by atoms with Crippen LogP contribution in [0.2, 0.25) is 0 Å². The highest BCUT2D eigenvalue weighted by molar-refractivity contribution is 7.89. The van der Waals surface area contributed by atoms with Gasteiger partial charge in [0.05, 0.1) is 4.90 Å². The van der Waals surface area contributed by atoms with E-state index in [0.29, 0.717) is 18.0 Å². The topological polar surface area (TPSA) is 37.4 Å². The molecule has 0 aromatic heterocycles. The third kappa shape index (κ3) is 7.70. The summed E-state index contributed by atoms with van der Waals surface area (Å²) in [4.78, 5) is 0.456. The Balaban J connectivity index is 2.08. The Hall–Kier alpha value is -1.39. The molecule has 0 saturated carbocycles. The molecule has 168 valence electrons. The van der Waals surface area contributed by atoms with E-state index in [2.05, 4.69) is 13.8 Å². The fourth-order valence-electron chi connectivity index (χ4n) is 4.05. The van der Waals surface area contributed by atoms with Gasteiger partial charge < -0.3 is 0 Å². The highest BCUT2D eigenvalue weighted by Gasteiger charge is 2.25. The molecule has 30 heavy (non-hydrogen) atoms. The Bertz CT molecular complexity index is 811. The second-order valence-corrected chi connectivity index (χ2v) is 10.3. The Morgan fingerprint density at radius 2 is 1.13 bits per heavy atom. The molecule has 0 aliphatic rings. The molecule has 0 N–H and O–H groups in total. The van der Waals surface area contributed by atoms with Crippen LogP contribution in [0.25, 0.3) is 10.8 Å². The van der Waals surface area contributed by atoms with Crippen LogP contribution in [-0.2, 0) is 10.0 Å². The molecular formula is C26H41NO2S. The van der Waals surface area contributed by atoms with E-state index in [1.165, 1.54) is 51.4 Å². The number of unbranched alkanes of at least 4 members (excludes halogenated alkanes) is 10. The lowest BCUT2D eigenvalue weighted by Gasteiger charge is -2.23. The Morgan fingerprint density at radius 1 is 0.633 bits per heavy atom. The molecule has 0 unspecified atom stereocenters. The Morgan fingerprint density at radius 3 is 1.73 bits per heavy atom. The summed E-state index contributed by atoms with van der Waals surface area (Å²) in [5.41, 5.74) is 0. The van der Waals surface area contributed by atoms with E-state index < -0.39 is 10.0 Å². The van der Waals surface area contributed by atoms with Gasteiger partial charge in [-0.25, -0.2) is 8.42 Å². The fraction of sp³-hybridized carbons (Fsp3) is 0.615. The number of benzene rings is 2. The van der Waals surface area contributed by atoms with Crippen molar-refractivity contribution in [2.75, 3.05) is 13.1 Å². The van der Waals surface area contributed by atoms with Gasteiger partial charge in [-0.05, 0) is 24.3 Å². The lowest BCUT2D eigenvalue weighted by Crippen LogP contribution is -2.33. The lowest BCUT2D eigenvalue weighted by atomic mass is 10.1. The number of hydrogen-bond acceptors (Lipinski definition) is 2. The van der Waals surface area contributed by atoms with Crippen LogP contribution >= 0.6 is 0 Å². The van der Waals surface area contributed by atoms with E-state index in [1.807, 2.05) is 36.4 Å². The molecule has 0 aliphatic heterocycles. The zero-order valence-electron chi connectivity index (χ0n) is 19.1. The molecule has 0 saturated heterocycles. The molecule has 0 amide bonds. The molecule has 0 radical (unpaired) electrons. The normalized spacial score (nSPS) is 12.1. The van der Waals surface area contributed by atoms with Crippen LogP contribution in [0.15, 0.2) is 47.4 Å². The maximum absolute atomic E-state index is 13.6. The van der Waals surface area contributed by atoms with Crippen molar-refractivity contribution in [1.82, 2.24) is 4.31 Å². The van der Waals surface area contributed by atoms with Crippen molar-refractivity contribution >= 4 is 20.8 Å². The van der Waals surface area contributed by atoms with Crippen molar-refractivity contribution in [2.24, 2.45) is 0 Å². The third-order valence-electron chi connectivity index (χ3n) is 5.89. The van der Waals surface area contributed by atoms with Crippen molar-refractivity contribution in [2.45, 2.75) is 95.8 Å². The largest absolute Gasteiger partial charge is 0.243 e. The summed E-state index contributed by atoms with van der Waals surface area (Å²) in [6.45, 7) is 5.71. The molecule has 2 rings (SSSR count). The van der Waals surface area contributed by atoms with Gasteiger partial charge in [0, 0.05) is 18.5 Å². The zero-order chi connectivity index (χ0) is 21.7. The summed E-state index contributed by atoms with van der Waals surface area (Å²) >= 11 is 0. The summed E-state index contributed by atoms with van der Waals surface area (Å²) in [6.07, 6.45) is 14.0. The first-order valence-electron chi connectivity index (χ1n) is 12.1.